The summed E-state index contributed by atoms with van der Waals surface area (Å²) in [6.45, 7) is 6.77. The van der Waals surface area contributed by atoms with Crippen LogP contribution < -0.4 is 14.8 Å². The molecule has 1 atom stereocenters. The van der Waals surface area contributed by atoms with Gasteiger partial charge in [0.15, 0.2) is 0 Å². The zero-order valence-electron chi connectivity index (χ0n) is 15.0. The fourth-order valence-electron chi connectivity index (χ4n) is 2.13. The summed E-state index contributed by atoms with van der Waals surface area (Å²) in [5.41, 5.74) is 1.39. The van der Waals surface area contributed by atoms with Gasteiger partial charge in [-0.25, -0.2) is 0 Å². The summed E-state index contributed by atoms with van der Waals surface area (Å²) in [6, 6.07) is 9.04. The molecule has 0 spiro atoms. The standard InChI is InChI=1S/C18H25N3O3S/c1-18(2,3)19-10-12(22)11-24-16-7-5-13(23-4)9-14(16)15-6-8-17(25)21-20-15/h5-9,12,19,22H,10-11H2,1-4H3,(H,21,25). The number of aliphatic hydroxyl groups is 1. The monoisotopic (exact) mass is 363 g/mol. The molecule has 0 saturated heterocycles. The Morgan fingerprint density at radius 1 is 1.28 bits per heavy atom. The lowest BCUT2D eigenvalue weighted by Crippen LogP contribution is -2.42. The van der Waals surface area contributed by atoms with Gasteiger partial charge in [0, 0.05) is 17.6 Å². The Kier molecular flexibility index (Phi) is 6.52. The van der Waals surface area contributed by atoms with Gasteiger partial charge in [-0.1, -0.05) is 12.2 Å². The Labute approximate surface area is 153 Å². The van der Waals surface area contributed by atoms with Gasteiger partial charge < -0.3 is 19.9 Å². The molecule has 1 aromatic heterocycles. The second-order valence-electron chi connectivity index (χ2n) is 6.76. The largest absolute Gasteiger partial charge is 0.497 e. The molecule has 0 aliphatic rings. The number of rotatable bonds is 7. The van der Waals surface area contributed by atoms with Crippen LogP contribution in [0.5, 0.6) is 11.5 Å². The van der Waals surface area contributed by atoms with Gasteiger partial charge >= 0.3 is 0 Å². The fourth-order valence-corrected chi connectivity index (χ4v) is 2.24. The summed E-state index contributed by atoms with van der Waals surface area (Å²) in [4.78, 5) is 0. The summed E-state index contributed by atoms with van der Waals surface area (Å²) in [5.74, 6) is 1.31. The van der Waals surface area contributed by atoms with E-state index in [1.165, 1.54) is 0 Å². The van der Waals surface area contributed by atoms with Gasteiger partial charge in [-0.15, -0.1) is 0 Å². The van der Waals surface area contributed by atoms with Crippen LogP contribution in [0.15, 0.2) is 30.3 Å². The van der Waals surface area contributed by atoms with Crippen LogP contribution in [0.4, 0.5) is 0 Å². The quantitative estimate of drug-likeness (QED) is 0.657. The number of β-amino-alcohol motifs (C(OH)–C–C–N with tert-alkyl or cyclic N) is 1. The Hall–Kier alpha value is -1.96. The van der Waals surface area contributed by atoms with Gasteiger partial charge in [0.05, 0.1) is 12.8 Å². The molecule has 1 heterocycles. The van der Waals surface area contributed by atoms with Crippen molar-refractivity contribution in [3.05, 3.63) is 35.0 Å². The van der Waals surface area contributed by atoms with Crippen LogP contribution in [-0.2, 0) is 0 Å². The molecule has 0 aliphatic carbocycles. The van der Waals surface area contributed by atoms with Crippen molar-refractivity contribution >= 4 is 12.2 Å². The molecule has 0 aliphatic heterocycles. The summed E-state index contributed by atoms with van der Waals surface area (Å²) in [6.07, 6.45) is -0.622. The van der Waals surface area contributed by atoms with Crippen molar-refractivity contribution in [3.8, 4) is 22.8 Å². The number of nitrogens with zero attached hydrogens (tertiary/aromatic N) is 1. The Morgan fingerprint density at radius 3 is 2.64 bits per heavy atom. The number of benzene rings is 1. The lowest BCUT2D eigenvalue weighted by atomic mass is 10.1. The first-order chi connectivity index (χ1) is 11.8. The first-order valence-electron chi connectivity index (χ1n) is 8.08. The topological polar surface area (TPSA) is 79.4 Å². The molecule has 25 heavy (non-hydrogen) atoms. The Bertz CT molecular complexity index is 735. The number of hydrogen-bond donors (Lipinski definition) is 3. The van der Waals surface area contributed by atoms with Crippen LogP contribution in [-0.4, -0.2) is 47.2 Å². The molecule has 1 aromatic carbocycles. The lowest BCUT2D eigenvalue weighted by Gasteiger charge is -2.23. The third-order valence-electron chi connectivity index (χ3n) is 3.44. The second kappa shape index (κ2) is 8.42. The Balaban J connectivity index is 2.14. The maximum absolute atomic E-state index is 10.1. The van der Waals surface area contributed by atoms with Gasteiger partial charge in [-0.2, -0.15) is 5.10 Å². The van der Waals surface area contributed by atoms with E-state index in [1.807, 2.05) is 39.0 Å². The Morgan fingerprint density at radius 2 is 2.04 bits per heavy atom. The van der Waals surface area contributed by atoms with E-state index in [0.29, 0.717) is 28.4 Å². The highest BCUT2D eigenvalue weighted by Crippen LogP contribution is 2.32. The second-order valence-corrected chi connectivity index (χ2v) is 7.20. The third kappa shape index (κ3) is 6.12. The van der Waals surface area contributed by atoms with Crippen molar-refractivity contribution in [2.75, 3.05) is 20.3 Å². The zero-order chi connectivity index (χ0) is 18.4. The number of H-pyrrole nitrogens is 1. The third-order valence-corrected chi connectivity index (χ3v) is 3.67. The summed E-state index contributed by atoms with van der Waals surface area (Å²) in [5, 5.41) is 20.4. The van der Waals surface area contributed by atoms with E-state index in [1.54, 1.807) is 19.2 Å². The van der Waals surface area contributed by atoms with Gasteiger partial charge in [0.25, 0.3) is 0 Å². The van der Waals surface area contributed by atoms with Gasteiger partial charge in [-0.05, 0) is 51.1 Å². The van der Waals surface area contributed by atoms with Crippen molar-refractivity contribution in [2.45, 2.75) is 32.4 Å². The van der Waals surface area contributed by atoms with Gasteiger partial charge in [0.1, 0.15) is 28.9 Å². The number of aromatic nitrogens is 2. The van der Waals surface area contributed by atoms with Crippen molar-refractivity contribution in [1.82, 2.24) is 15.5 Å². The molecule has 2 rings (SSSR count). The molecule has 0 amide bonds. The van der Waals surface area contributed by atoms with Crippen LogP contribution in [0.3, 0.4) is 0 Å². The van der Waals surface area contributed by atoms with Crippen molar-refractivity contribution in [2.24, 2.45) is 0 Å². The minimum absolute atomic E-state index is 0.0576. The summed E-state index contributed by atoms with van der Waals surface area (Å²) in [7, 11) is 1.60. The average Bonchev–Trinajstić information content (AvgIpc) is 2.58. The van der Waals surface area contributed by atoms with E-state index in [-0.39, 0.29) is 12.1 Å². The normalized spacial score (nSPS) is 12.7. The average molecular weight is 363 g/mol. The molecule has 7 heteroatoms. The molecule has 2 aromatic rings. The highest BCUT2D eigenvalue weighted by atomic mass is 32.1. The van der Waals surface area contributed by atoms with Crippen LogP contribution in [0.2, 0.25) is 0 Å². The maximum atomic E-state index is 10.1. The molecule has 136 valence electrons. The van der Waals surface area contributed by atoms with E-state index < -0.39 is 6.10 Å². The summed E-state index contributed by atoms with van der Waals surface area (Å²) < 4.78 is 11.7. The van der Waals surface area contributed by atoms with Crippen LogP contribution in [0.1, 0.15) is 20.8 Å². The van der Waals surface area contributed by atoms with Crippen molar-refractivity contribution < 1.29 is 14.6 Å². The number of hydrogen-bond acceptors (Lipinski definition) is 6. The van der Waals surface area contributed by atoms with E-state index in [2.05, 4.69) is 15.5 Å². The first kappa shape index (κ1) is 19.4. The number of methoxy groups -OCH3 is 1. The molecule has 6 nitrogen and oxygen atoms in total. The SMILES string of the molecule is COc1ccc(OCC(O)CNC(C)(C)C)c(-c2ccc(=S)[nH]n2)c1. The van der Waals surface area contributed by atoms with Gasteiger partial charge in [0.2, 0.25) is 0 Å². The molecule has 0 fully saturated rings. The zero-order valence-corrected chi connectivity index (χ0v) is 15.8. The number of aromatic amines is 1. The van der Waals surface area contributed by atoms with Crippen LogP contribution in [0.25, 0.3) is 11.3 Å². The predicted octanol–water partition coefficient (Wildman–Crippen LogP) is 2.94. The maximum Gasteiger partial charge on any atom is 0.129 e. The first-order valence-corrected chi connectivity index (χ1v) is 8.49. The lowest BCUT2D eigenvalue weighted by molar-refractivity contribution is 0.100. The van der Waals surface area contributed by atoms with E-state index >= 15 is 0 Å². The highest BCUT2D eigenvalue weighted by molar-refractivity contribution is 7.71. The van der Waals surface area contributed by atoms with Crippen molar-refractivity contribution in [1.29, 1.82) is 0 Å². The van der Waals surface area contributed by atoms with Crippen LogP contribution in [0, 0.1) is 4.64 Å². The number of ether oxygens (including phenoxy) is 2. The molecular formula is C18H25N3O3S. The molecule has 0 bridgehead atoms. The fraction of sp³-hybridized carbons (Fsp3) is 0.444. The smallest absolute Gasteiger partial charge is 0.129 e. The van der Waals surface area contributed by atoms with Gasteiger partial charge in [-0.3, -0.25) is 5.10 Å². The molecular weight excluding hydrogens is 338 g/mol. The molecule has 1 unspecified atom stereocenters. The number of aliphatic hydroxyl groups excluding tert-OH is 1. The van der Waals surface area contributed by atoms with E-state index in [0.717, 1.165) is 5.56 Å². The minimum Gasteiger partial charge on any atom is -0.497 e. The molecule has 3 N–H and O–H groups in total. The predicted molar refractivity (Wildman–Crippen MR) is 101 cm³/mol. The molecule has 0 radical (unpaired) electrons. The van der Waals surface area contributed by atoms with Crippen LogP contribution >= 0.6 is 12.2 Å². The highest BCUT2D eigenvalue weighted by Gasteiger charge is 2.15. The van der Waals surface area contributed by atoms with Crippen molar-refractivity contribution in [3.63, 3.8) is 0 Å². The molecule has 0 saturated carbocycles. The summed E-state index contributed by atoms with van der Waals surface area (Å²) >= 11 is 5.03. The van der Waals surface area contributed by atoms with E-state index in [4.69, 9.17) is 21.7 Å². The number of nitrogens with one attached hydrogen (secondary N) is 2. The van der Waals surface area contributed by atoms with E-state index in [9.17, 15) is 5.11 Å². The minimum atomic E-state index is -0.622.